The van der Waals surface area contributed by atoms with Crippen molar-refractivity contribution in [3.63, 3.8) is 0 Å². The highest BCUT2D eigenvalue weighted by Gasteiger charge is 2.32. The third kappa shape index (κ3) is 1.74. The minimum absolute atomic E-state index is 0.0199. The normalized spacial score (nSPS) is 20.2. The number of nitro benzene ring substituents is 1. The lowest BCUT2D eigenvalue weighted by atomic mass is 10.2. The Balaban J connectivity index is 2.40. The number of carbonyl (C=O) groups excluding carboxylic acids is 1. The summed E-state index contributed by atoms with van der Waals surface area (Å²) < 4.78 is 0. The summed E-state index contributed by atoms with van der Waals surface area (Å²) in [6.45, 7) is 0.115. The lowest BCUT2D eigenvalue weighted by Gasteiger charge is -2.15. The summed E-state index contributed by atoms with van der Waals surface area (Å²) >= 11 is 0. The van der Waals surface area contributed by atoms with E-state index in [1.807, 2.05) is 0 Å². The number of rotatable bonds is 2. The van der Waals surface area contributed by atoms with Gasteiger partial charge in [0.25, 0.3) is 5.69 Å². The van der Waals surface area contributed by atoms with Gasteiger partial charge in [0.15, 0.2) is 0 Å². The molecule has 1 saturated heterocycles. The Bertz CT molecular complexity index is 446. The van der Waals surface area contributed by atoms with Gasteiger partial charge in [0.1, 0.15) is 5.69 Å². The number of nitro groups is 1. The highest BCUT2D eigenvalue weighted by atomic mass is 16.6. The molecule has 2 rings (SSSR count). The summed E-state index contributed by atoms with van der Waals surface area (Å²) in [4.78, 5) is 23.0. The molecule has 1 aliphatic rings. The Morgan fingerprint density at radius 3 is 2.69 bits per heavy atom. The molecule has 16 heavy (non-hydrogen) atoms. The van der Waals surface area contributed by atoms with Gasteiger partial charge < -0.3 is 10.0 Å². The zero-order valence-electron chi connectivity index (χ0n) is 8.37. The molecule has 6 heteroatoms. The number of nitrogens with zero attached hydrogens (tertiary/aromatic N) is 2. The minimum atomic E-state index is -0.743. The van der Waals surface area contributed by atoms with Crippen LogP contribution in [0.25, 0.3) is 0 Å². The molecular weight excluding hydrogens is 212 g/mol. The molecule has 1 unspecified atom stereocenters. The van der Waals surface area contributed by atoms with E-state index in [0.29, 0.717) is 0 Å². The van der Waals surface area contributed by atoms with Crippen LogP contribution in [0.4, 0.5) is 11.4 Å². The van der Waals surface area contributed by atoms with E-state index in [2.05, 4.69) is 0 Å². The van der Waals surface area contributed by atoms with Crippen molar-refractivity contribution >= 4 is 17.3 Å². The highest BCUT2D eigenvalue weighted by molar-refractivity contribution is 5.98. The zero-order chi connectivity index (χ0) is 11.7. The van der Waals surface area contributed by atoms with E-state index in [1.165, 1.54) is 17.0 Å². The first-order valence-electron chi connectivity index (χ1n) is 4.81. The largest absolute Gasteiger partial charge is 0.391 e. The van der Waals surface area contributed by atoms with Crippen molar-refractivity contribution in [2.45, 2.75) is 12.5 Å². The molecular formula is C10H10N2O4. The third-order valence-electron chi connectivity index (χ3n) is 2.47. The smallest absolute Gasteiger partial charge is 0.292 e. The predicted octanol–water partition coefficient (Wildman–Crippen LogP) is 0.692. The van der Waals surface area contributed by atoms with Crippen molar-refractivity contribution in [2.75, 3.05) is 11.4 Å². The lowest BCUT2D eigenvalue weighted by molar-refractivity contribution is -0.384. The van der Waals surface area contributed by atoms with Crippen molar-refractivity contribution < 1.29 is 14.8 Å². The second-order valence-electron chi connectivity index (χ2n) is 3.61. The van der Waals surface area contributed by atoms with Crippen LogP contribution in [0.15, 0.2) is 24.3 Å². The predicted molar refractivity (Wildman–Crippen MR) is 56.1 cm³/mol. The molecule has 0 aliphatic carbocycles. The molecule has 1 fully saturated rings. The number of carbonyl (C=O) groups is 1. The van der Waals surface area contributed by atoms with Gasteiger partial charge in [0.2, 0.25) is 5.91 Å². The number of aliphatic hydroxyl groups is 1. The molecule has 1 atom stereocenters. The molecule has 84 valence electrons. The summed E-state index contributed by atoms with van der Waals surface area (Å²) in [7, 11) is 0. The van der Waals surface area contributed by atoms with Gasteiger partial charge in [-0.25, -0.2) is 0 Å². The van der Waals surface area contributed by atoms with Crippen LogP contribution in [-0.2, 0) is 4.79 Å². The van der Waals surface area contributed by atoms with Crippen molar-refractivity contribution in [3.05, 3.63) is 34.4 Å². The minimum Gasteiger partial charge on any atom is -0.391 e. The number of hydrogen-bond acceptors (Lipinski definition) is 4. The summed E-state index contributed by atoms with van der Waals surface area (Å²) in [6, 6.07) is 6.01. The van der Waals surface area contributed by atoms with Crippen LogP contribution < -0.4 is 4.90 Å². The van der Waals surface area contributed by atoms with Gasteiger partial charge in [-0.3, -0.25) is 14.9 Å². The van der Waals surface area contributed by atoms with E-state index < -0.39 is 11.0 Å². The van der Waals surface area contributed by atoms with E-state index in [0.717, 1.165) is 0 Å². The SMILES string of the molecule is O=C1CC(O)CN1c1ccccc1[N+](=O)[O-]. The van der Waals surface area contributed by atoms with E-state index in [1.54, 1.807) is 12.1 Å². The summed E-state index contributed by atoms with van der Waals surface area (Å²) in [5.41, 5.74) is 0.124. The fourth-order valence-electron chi connectivity index (χ4n) is 1.77. The van der Waals surface area contributed by atoms with Gasteiger partial charge in [-0.2, -0.15) is 0 Å². The average molecular weight is 222 g/mol. The number of β-amino-alcohol motifs (C(OH)–C–C–N with tert-alkyl or cyclic N) is 1. The molecule has 0 spiro atoms. The maximum atomic E-state index is 11.5. The maximum absolute atomic E-state index is 11.5. The molecule has 0 saturated carbocycles. The monoisotopic (exact) mass is 222 g/mol. The Hall–Kier alpha value is -1.95. The molecule has 6 nitrogen and oxygen atoms in total. The number of benzene rings is 1. The van der Waals surface area contributed by atoms with Crippen LogP contribution in [-0.4, -0.2) is 28.6 Å². The molecule has 1 heterocycles. The molecule has 1 N–H and O–H groups in total. The van der Waals surface area contributed by atoms with E-state index >= 15 is 0 Å². The third-order valence-corrected chi connectivity index (χ3v) is 2.47. The average Bonchev–Trinajstić information content (AvgIpc) is 2.57. The van der Waals surface area contributed by atoms with Crippen molar-refractivity contribution in [2.24, 2.45) is 0 Å². The van der Waals surface area contributed by atoms with Gasteiger partial charge in [0, 0.05) is 6.07 Å². The van der Waals surface area contributed by atoms with Crippen LogP contribution in [0.5, 0.6) is 0 Å². The quantitative estimate of drug-likeness (QED) is 0.589. The molecule has 1 aliphatic heterocycles. The molecule has 0 radical (unpaired) electrons. The van der Waals surface area contributed by atoms with Crippen LogP contribution >= 0.6 is 0 Å². The molecule has 1 amide bonds. The molecule has 1 aromatic carbocycles. The first kappa shape index (κ1) is 10.6. The molecule has 0 bridgehead atoms. The van der Waals surface area contributed by atoms with Gasteiger partial charge >= 0.3 is 0 Å². The molecule has 1 aromatic rings. The standard InChI is InChI=1S/C10H10N2O4/c13-7-5-10(14)11(6-7)8-3-1-2-4-9(8)12(15)16/h1-4,7,13H,5-6H2. The zero-order valence-corrected chi connectivity index (χ0v) is 8.37. The van der Waals surface area contributed by atoms with Crippen LogP contribution in [0.1, 0.15) is 6.42 Å². The van der Waals surface area contributed by atoms with Crippen molar-refractivity contribution in [1.29, 1.82) is 0 Å². The Labute approximate surface area is 91.3 Å². The van der Waals surface area contributed by atoms with Crippen LogP contribution in [0, 0.1) is 10.1 Å². The second-order valence-corrected chi connectivity index (χ2v) is 3.61. The molecule has 0 aromatic heterocycles. The van der Waals surface area contributed by atoms with Crippen molar-refractivity contribution in [3.8, 4) is 0 Å². The lowest BCUT2D eigenvalue weighted by Crippen LogP contribution is -2.25. The van der Waals surface area contributed by atoms with Gasteiger partial charge in [-0.15, -0.1) is 0 Å². The van der Waals surface area contributed by atoms with Gasteiger partial charge in [0.05, 0.1) is 24.0 Å². The van der Waals surface area contributed by atoms with E-state index in [4.69, 9.17) is 0 Å². The Morgan fingerprint density at radius 2 is 2.12 bits per heavy atom. The number of hydrogen-bond donors (Lipinski definition) is 1. The number of para-hydroxylation sites is 2. The van der Waals surface area contributed by atoms with Gasteiger partial charge in [-0.05, 0) is 6.07 Å². The summed E-state index contributed by atoms with van der Waals surface area (Å²) in [5, 5.41) is 20.1. The first-order chi connectivity index (χ1) is 7.59. The topological polar surface area (TPSA) is 83.7 Å². The van der Waals surface area contributed by atoms with Crippen LogP contribution in [0.2, 0.25) is 0 Å². The maximum Gasteiger partial charge on any atom is 0.292 e. The number of amides is 1. The van der Waals surface area contributed by atoms with E-state index in [9.17, 15) is 20.0 Å². The second kappa shape index (κ2) is 3.90. The Morgan fingerprint density at radius 1 is 1.44 bits per heavy atom. The fourth-order valence-corrected chi connectivity index (χ4v) is 1.77. The van der Waals surface area contributed by atoms with E-state index in [-0.39, 0.29) is 30.2 Å². The number of anilines is 1. The highest BCUT2D eigenvalue weighted by Crippen LogP contribution is 2.30. The summed E-state index contributed by atoms with van der Waals surface area (Å²) in [5.74, 6) is -0.290. The number of aliphatic hydroxyl groups excluding tert-OH is 1. The first-order valence-corrected chi connectivity index (χ1v) is 4.81. The fraction of sp³-hybridized carbons (Fsp3) is 0.300. The van der Waals surface area contributed by atoms with Gasteiger partial charge in [-0.1, -0.05) is 12.1 Å². The van der Waals surface area contributed by atoms with Crippen molar-refractivity contribution in [1.82, 2.24) is 0 Å². The Kier molecular flexibility index (Phi) is 2.57. The van der Waals surface area contributed by atoms with Crippen LogP contribution in [0.3, 0.4) is 0 Å². The summed E-state index contributed by atoms with van der Waals surface area (Å²) in [6.07, 6.45) is -0.723.